The van der Waals surface area contributed by atoms with E-state index in [2.05, 4.69) is 53.8 Å². The van der Waals surface area contributed by atoms with Crippen molar-refractivity contribution in [3.63, 3.8) is 0 Å². The number of nitrogens with zero attached hydrogens (tertiary/aromatic N) is 7. The summed E-state index contributed by atoms with van der Waals surface area (Å²) in [5.74, 6) is 3.34. The van der Waals surface area contributed by atoms with Gasteiger partial charge in [0, 0.05) is 92.5 Å². The minimum atomic E-state index is 0.646. The summed E-state index contributed by atoms with van der Waals surface area (Å²) in [6.07, 6.45) is 18.5. The maximum absolute atomic E-state index is 5.35. The topological polar surface area (TPSA) is 97.3 Å². The molecule has 0 saturated carbocycles. The summed E-state index contributed by atoms with van der Waals surface area (Å²) in [5, 5.41) is 15.6. The molecular formula is C28H27N9. The molecule has 0 amide bonds. The van der Waals surface area contributed by atoms with Crippen molar-refractivity contribution in [2.75, 3.05) is 25.5 Å². The highest BCUT2D eigenvalue weighted by molar-refractivity contribution is 5.97. The molecule has 0 fully saturated rings. The van der Waals surface area contributed by atoms with Gasteiger partial charge in [0.1, 0.15) is 11.5 Å². The molecule has 0 aromatic carbocycles. The lowest BCUT2D eigenvalue weighted by molar-refractivity contribution is 0.704. The van der Waals surface area contributed by atoms with Crippen molar-refractivity contribution in [3.05, 3.63) is 84.3 Å². The van der Waals surface area contributed by atoms with E-state index in [1.54, 1.807) is 17.9 Å². The fourth-order valence-corrected chi connectivity index (χ4v) is 4.11. The standard InChI is InChI=1S/C28H27N9/c1-4-25-7-5-20(13-32-25)12-30-9-10-31-27-8-6-21(15-33-27)26-11-22(24-17-34-36(3)18-24)19-37-28(26)23(14-29-2)16-35-37/h1,5-8,11,13-19,30H,9-10,12H2,2-3H3,(H,31,33)/b29-14-. The third-order valence-corrected chi connectivity index (χ3v) is 5.93. The van der Waals surface area contributed by atoms with Crippen molar-refractivity contribution in [3.8, 4) is 34.6 Å². The van der Waals surface area contributed by atoms with E-state index in [9.17, 15) is 0 Å². The third kappa shape index (κ3) is 5.39. The van der Waals surface area contributed by atoms with Crippen LogP contribution >= 0.6 is 0 Å². The van der Waals surface area contributed by atoms with Crippen LogP contribution in [0.5, 0.6) is 0 Å². The Bertz CT molecular complexity index is 1570. The van der Waals surface area contributed by atoms with E-state index < -0.39 is 0 Å². The molecule has 0 radical (unpaired) electrons. The lowest BCUT2D eigenvalue weighted by Crippen LogP contribution is -2.22. The molecule has 2 N–H and O–H groups in total. The average molecular weight is 490 g/mol. The molecule has 9 nitrogen and oxygen atoms in total. The van der Waals surface area contributed by atoms with Crippen molar-refractivity contribution in [2.45, 2.75) is 6.54 Å². The lowest BCUT2D eigenvalue weighted by Gasteiger charge is -2.11. The lowest BCUT2D eigenvalue weighted by atomic mass is 10.0. The number of pyridine rings is 3. The number of terminal acetylenes is 1. The fraction of sp³-hybridized carbons (Fsp3) is 0.179. The van der Waals surface area contributed by atoms with Crippen LogP contribution in [0.4, 0.5) is 5.82 Å². The van der Waals surface area contributed by atoms with Gasteiger partial charge in [0.05, 0.1) is 17.9 Å². The number of anilines is 1. The molecule has 9 heteroatoms. The molecule has 0 unspecified atom stereocenters. The largest absolute Gasteiger partial charge is 0.369 e. The van der Waals surface area contributed by atoms with Gasteiger partial charge in [-0.3, -0.25) is 9.67 Å². The summed E-state index contributed by atoms with van der Waals surface area (Å²) < 4.78 is 3.68. The summed E-state index contributed by atoms with van der Waals surface area (Å²) in [7, 11) is 3.67. The molecule has 184 valence electrons. The Labute approximate surface area is 215 Å². The minimum Gasteiger partial charge on any atom is -0.369 e. The van der Waals surface area contributed by atoms with E-state index in [1.807, 2.05) is 67.0 Å². The summed E-state index contributed by atoms with van der Waals surface area (Å²) >= 11 is 0. The van der Waals surface area contributed by atoms with Gasteiger partial charge >= 0.3 is 0 Å². The van der Waals surface area contributed by atoms with Gasteiger partial charge in [0.2, 0.25) is 0 Å². The number of aryl methyl sites for hydroxylation is 1. The zero-order valence-electron chi connectivity index (χ0n) is 20.8. The Morgan fingerprint density at radius 3 is 2.59 bits per heavy atom. The van der Waals surface area contributed by atoms with Crippen molar-refractivity contribution >= 4 is 17.5 Å². The molecule has 0 aliphatic rings. The third-order valence-electron chi connectivity index (χ3n) is 5.93. The van der Waals surface area contributed by atoms with Crippen molar-refractivity contribution < 1.29 is 0 Å². The zero-order chi connectivity index (χ0) is 25.6. The molecule has 0 bridgehead atoms. The molecule has 5 aromatic rings. The van der Waals surface area contributed by atoms with Crippen LogP contribution in [0.25, 0.3) is 27.8 Å². The number of fused-ring (bicyclic) bond motifs is 1. The Morgan fingerprint density at radius 1 is 0.973 bits per heavy atom. The number of aromatic nitrogens is 6. The molecule has 0 atom stereocenters. The highest BCUT2D eigenvalue weighted by Crippen LogP contribution is 2.31. The second-order valence-electron chi connectivity index (χ2n) is 8.56. The highest BCUT2D eigenvalue weighted by atomic mass is 15.2. The monoisotopic (exact) mass is 489 g/mol. The Hall–Kier alpha value is -4.81. The Morgan fingerprint density at radius 2 is 1.89 bits per heavy atom. The van der Waals surface area contributed by atoms with Crippen LogP contribution in [-0.2, 0) is 13.6 Å². The second kappa shape index (κ2) is 10.8. The van der Waals surface area contributed by atoms with Gasteiger partial charge in [-0.25, -0.2) is 14.5 Å². The molecule has 37 heavy (non-hydrogen) atoms. The molecule has 0 aliphatic carbocycles. The van der Waals surface area contributed by atoms with Gasteiger partial charge < -0.3 is 10.6 Å². The number of aliphatic imine (C=N–C) groups is 1. The molecular weight excluding hydrogens is 462 g/mol. The van der Waals surface area contributed by atoms with Gasteiger partial charge in [-0.2, -0.15) is 10.2 Å². The first-order valence-electron chi connectivity index (χ1n) is 11.9. The molecule has 5 heterocycles. The zero-order valence-corrected chi connectivity index (χ0v) is 20.8. The number of hydrogen-bond acceptors (Lipinski definition) is 7. The maximum Gasteiger partial charge on any atom is 0.125 e. The summed E-state index contributed by atoms with van der Waals surface area (Å²) in [4.78, 5) is 13.1. The predicted molar refractivity (Wildman–Crippen MR) is 147 cm³/mol. The SMILES string of the molecule is C#Cc1ccc(CNCCNc2ccc(-c3cc(-c4cnn(C)c4)cn4ncc(/C=N\C)c34)cn2)cn1. The van der Waals surface area contributed by atoms with Crippen LogP contribution in [0, 0.1) is 12.3 Å². The summed E-state index contributed by atoms with van der Waals surface area (Å²) in [6.45, 7) is 2.25. The van der Waals surface area contributed by atoms with Crippen molar-refractivity contribution in [2.24, 2.45) is 12.0 Å². The quantitative estimate of drug-likeness (QED) is 0.187. The van der Waals surface area contributed by atoms with Crippen LogP contribution in [0.1, 0.15) is 16.8 Å². The highest BCUT2D eigenvalue weighted by Gasteiger charge is 2.14. The summed E-state index contributed by atoms with van der Waals surface area (Å²) in [6, 6.07) is 10.1. The van der Waals surface area contributed by atoms with E-state index >= 15 is 0 Å². The van der Waals surface area contributed by atoms with E-state index in [4.69, 9.17) is 6.42 Å². The van der Waals surface area contributed by atoms with Gasteiger partial charge in [-0.1, -0.05) is 12.0 Å². The van der Waals surface area contributed by atoms with Crippen LogP contribution < -0.4 is 10.6 Å². The van der Waals surface area contributed by atoms with E-state index in [-0.39, 0.29) is 0 Å². The molecule has 0 saturated heterocycles. The van der Waals surface area contributed by atoms with E-state index in [1.165, 1.54) is 0 Å². The van der Waals surface area contributed by atoms with Gasteiger partial charge in [-0.15, -0.1) is 6.42 Å². The van der Waals surface area contributed by atoms with Crippen molar-refractivity contribution in [1.82, 2.24) is 34.7 Å². The second-order valence-corrected chi connectivity index (χ2v) is 8.56. The maximum atomic E-state index is 5.35. The number of rotatable bonds is 9. The Kier molecular flexibility index (Phi) is 7.01. The predicted octanol–water partition coefficient (Wildman–Crippen LogP) is 3.42. The van der Waals surface area contributed by atoms with Crippen LogP contribution in [0.3, 0.4) is 0 Å². The van der Waals surface area contributed by atoms with Crippen molar-refractivity contribution in [1.29, 1.82) is 0 Å². The van der Waals surface area contributed by atoms with Gasteiger partial charge in [0.15, 0.2) is 0 Å². The normalized spacial score (nSPS) is 11.3. The van der Waals surface area contributed by atoms with Gasteiger partial charge in [-0.05, 0) is 29.8 Å². The van der Waals surface area contributed by atoms with Gasteiger partial charge in [0.25, 0.3) is 0 Å². The molecule has 0 spiro atoms. The van der Waals surface area contributed by atoms with Crippen LogP contribution in [0.15, 0.2) is 72.5 Å². The molecule has 0 aliphatic heterocycles. The molecule has 5 aromatic heterocycles. The number of nitrogens with one attached hydrogen (secondary N) is 2. The van der Waals surface area contributed by atoms with E-state index in [0.717, 1.165) is 64.3 Å². The summed E-state index contributed by atoms with van der Waals surface area (Å²) in [5.41, 5.74) is 7.74. The first-order chi connectivity index (χ1) is 18.1. The average Bonchev–Trinajstić information content (AvgIpc) is 3.55. The number of hydrogen-bond donors (Lipinski definition) is 2. The van der Waals surface area contributed by atoms with Crippen LogP contribution in [-0.4, -0.2) is 55.7 Å². The minimum absolute atomic E-state index is 0.646. The van der Waals surface area contributed by atoms with E-state index in [0.29, 0.717) is 5.69 Å². The first-order valence-corrected chi connectivity index (χ1v) is 11.9. The molecule has 5 rings (SSSR count). The fourth-order valence-electron chi connectivity index (χ4n) is 4.11. The van der Waals surface area contributed by atoms with Crippen LogP contribution in [0.2, 0.25) is 0 Å². The first kappa shape index (κ1) is 23.9. The Balaban J connectivity index is 1.30. The smallest absolute Gasteiger partial charge is 0.125 e.